The van der Waals surface area contributed by atoms with Gasteiger partial charge in [0.05, 0.1) is 15.6 Å². The van der Waals surface area contributed by atoms with Crippen LogP contribution in [0.4, 0.5) is 0 Å². The fraction of sp³-hybridized carbons (Fsp3) is 0. The minimum atomic E-state index is -0.703. The molecule has 0 bridgehead atoms. The Hall–Kier alpha value is -1.56. The number of phenols is 2. The number of phenolic OH excluding ortho intramolecular Hbond substituents is 2. The first-order valence-electron chi connectivity index (χ1n) is 3.62. The Balaban J connectivity index is 2.82. The highest BCUT2D eigenvalue weighted by atomic mass is 79.9. The molecule has 1 aliphatic rings. The van der Waals surface area contributed by atoms with E-state index >= 15 is 0 Å². The summed E-state index contributed by atoms with van der Waals surface area (Å²) in [5.74, 6) is -2.32. The Kier molecular flexibility index (Phi) is 1.75. The van der Waals surface area contributed by atoms with Gasteiger partial charge in [0.2, 0.25) is 0 Å². The molecule has 2 rings (SSSR count). The molecule has 0 unspecified atom stereocenters. The number of carbonyl (C=O) groups is 2. The predicted molar refractivity (Wildman–Crippen MR) is 49.3 cm³/mol. The van der Waals surface area contributed by atoms with Crippen LogP contribution in [0.3, 0.4) is 0 Å². The maximum absolute atomic E-state index is 11.1. The first-order valence-corrected chi connectivity index (χ1v) is 4.41. The third kappa shape index (κ3) is 1.00. The van der Waals surface area contributed by atoms with E-state index in [1.54, 1.807) is 0 Å². The van der Waals surface area contributed by atoms with Crippen LogP contribution in [-0.4, -0.2) is 22.0 Å². The number of imide groups is 1. The van der Waals surface area contributed by atoms with E-state index in [1.165, 1.54) is 6.07 Å². The van der Waals surface area contributed by atoms with Crippen LogP contribution in [0.1, 0.15) is 20.7 Å². The molecule has 1 heterocycles. The van der Waals surface area contributed by atoms with Crippen LogP contribution in [0.2, 0.25) is 0 Å². The number of nitrogens with one attached hydrogen (secondary N) is 1. The van der Waals surface area contributed by atoms with Crippen LogP contribution in [0.25, 0.3) is 0 Å². The molecular weight excluding hydrogens is 254 g/mol. The number of halogens is 1. The van der Waals surface area contributed by atoms with Crippen molar-refractivity contribution < 1.29 is 19.8 Å². The SMILES string of the molecule is O=C1NC(=O)c2c1cc(Br)c(O)c2O. The number of fused-ring (bicyclic) bond motifs is 1. The van der Waals surface area contributed by atoms with Gasteiger partial charge in [0.15, 0.2) is 11.5 Å². The Labute approximate surface area is 86.5 Å². The van der Waals surface area contributed by atoms with Gasteiger partial charge in [-0.15, -0.1) is 0 Å². The van der Waals surface area contributed by atoms with Crippen molar-refractivity contribution in [2.75, 3.05) is 0 Å². The highest BCUT2D eigenvalue weighted by molar-refractivity contribution is 9.10. The van der Waals surface area contributed by atoms with Crippen molar-refractivity contribution in [3.63, 3.8) is 0 Å². The molecule has 0 fully saturated rings. The van der Waals surface area contributed by atoms with Gasteiger partial charge in [-0.05, 0) is 22.0 Å². The van der Waals surface area contributed by atoms with Crippen molar-refractivity contribution >= 4 is 27.7 Å². The molecule has 1 aromatic carbocycles. The summed E-state index contributed by atoms with van der Waals surface area (Å²) in [5.41, 5.74) is -0.132. The van der Waals surface area contributed by atoms with E-state index in [9.17, 15) is 19.8 Å². The van der Waals surface area contributed by atoms with E-state index in [2.05, 4.69) is 15.9 Å². The summed E-state index contributed by atoms with van der Waals surface area (Å²) >= 11 is 2.95. The lowest BCUT2D eigenvalue weighted by Crippen LogP contribution is -2.19. The summed E-state index contributed by atoms with van der Waals surface area (Å²) in [6, 6.07) is 1.28. The van der Waals surface area contributed by atoms with Crippen molar-refractivity contribution in [1.82, 2.24) is 5.32 Å². The Morgan fingerprint density at radius 2 is 1.79 bits per heavy atom. The number of amides is 2. The summed E-state index contributed by atoms with van der Waals surface area (Å²) in [6.45, 7) is 0. The maximum Gasteiger partial charge on any atom is 0.262 e. The third-order valence-electron chi connectivity index (χ3n) is 1.93. The Morgan fingerprint density at radius 1 is 1.14 bits per heavy atom. The minimum Gasteiger partial charge on any atom is -0.504 e. The fourth-order valence-electron chi connectivity index (χ4n) is 1.27. The molecule has 2 amide bonds. The second kappa shape index (κ2) is 2.71. The molecule has 6 heteroatoms. The molecule has 0 radical (unpaired) electrons. The van der Waals surface area contributed by atoms with Gasteiger partial charge in [-0.25, -0.2) is 0 Å². The molecule has 1 aromatic rings. The molecule has 0 atom stereocenters. The number of hydrogen-bond acceptors (Lipinski definition) is 4. The summed E-state index contributed by atoms with van der Waals surface area (Å²) in [5, 5.41) is 20.7. The zero-order chi connectivity index (χ0) is 10.5. The van der Waals surface area contributed by atoms with Gasteiger partial charge in [0.25, 0.3) is 11.8 Å². The second-order valence-corrected chi connectivity index (χ2v) is 3.62. The number of benzene rings is 1. The van der Waals surface area contributed by atoms with Gasteiger partial charge >= 0.3 is 0 Å². The summed E-state index contributed by atoms with van der Waals surface area (Å²) in [4.78, 5) is 22.3. The average molecular weight is 258 g/mol. The first-order chi connectivity index (χ1) is 6.52. The van der Waals surface area contributed by atoms with Crippen LogP contribution in [0.15, 0.2) is 10.5 Å². The lowest BCUT2D eigenvalue weighted by atomic mass is 10.1. The van der Waals surface area contributed by atoms with Crippen molar-refractivity contribution in [3.8, 4) is 11.5 Å². The fourth-order valence-corrected chi connectivity index (χ4v) is 1.68. The maximum atomic E-state index is 11.1. The molecule has 0 aromatic heterocycles. The van der Waals surface area contributed by atoms with E-state index in [-0.39, 0.29) is 15.6 Å². The van der Waals surface area contributed by atoms with Gasteiger partial charge in [-0.2, -0.15) is 0 Å². The third-order valence-corrected chi connectivity index (χ3v) is 2.53. The van der Waals surface area contributed by atoms with Crippen molar-refractivity contribution in [3.05, 3.63) is 21.7 Å². The molecule has 3 N–H and O–H groups in total. The van der Waals surface area contributed by atoms with Crippen molar-refractivity contribution in [1.29, 1.82) is 0 Å². The van der Waals surface area contributed by atoms with Gasteiger partial charge in [0.1, 0.15) is 0 Å². The van der Waals surface area contributed by atoms with Gasteiger partial charge in [0, 0.05) is 0 Å². The monoisotopic (exact) mass is 257 g/mol. The number of aromatic hydroxyl groups is 2. The number of rotatable bonds is 0. The lowest BCUT2D eigenvalue weighted by Gasteiger charge is -2.03. The molecule has 5 nitrogen and oxygen atoms in total. The largest absolute Gasteiger partial charge is 0.504 e. The Morgan fingerprint density at radius 3 is 2.43 bits per heavy atom. The number of carbonyl (C=O) groups excluding carboxylic acids is 2. The number of hydrogen-bond donors (Lipinski definition) is 3. The van der Waals surface area contributed by atoms with Gasteiger partial charge < -0.3 is 10.2 Å². The highest BCUT2D eigenvalue weighted by Crippen LogP contribution is 2.39. The second-order valence-electron chi connectivity index (χ2n) is 2.76. The summed E-state index contributed by atoms with van der Waals surface area (Å²) < 4.78 is 0.165. The molecule has 1 aliphatic heterocycles. The van der Waals surface area contributed by atoms with Gasteiger partial charge in [-0.3, -0.25) is 14.9 Å². The molecule has 72 valence electrons. The average Bonchev–Trinajstić information content (AvgIpc) is 2.38. The van der Waals surface area contributed by atoms with Crippen LogP contribution in [-0.2, 0) is 0 Å². The van der Waals surface area contributed by atoms with Crippen LogP contribution < -0.4 is 5.32 Å². The lowest BCUT2D eigenvalue weighted by molar-refractivity contribution is 0.0879. The van der Waals surface area contributed by atoms with E-state index < -0.39 is 23.3 Å². The minimum absolute atomic E-state index is 0.0529. The van der Waals surface area contributed by atoms with E-state index in [1.807, 2.05) is 5.32 Å². The van der Waals surface area contributed by atoms with Crippen molar-refractivity contribution in [2.45, 2.75) is 0 Å². The van der Waals surface area contributed by atoms with Crippen LogP contribution in [0.5, 0.6) is 11.5 Å². The zero-order valence-corrected chi connectivity index (χ0v) is 8.25. The van der Waals surface area contributed by atoms with Crippen molar-refractivity contribution in [2.24, 2.45) is 0 Å². The Bertz CT molecular complexity index is 469. The topological polar surface area (TPSA) is 86.6 Å². The molecule has 0 saturated carbocycles. The molecule has 14 heavy (non-hydrogen) atoms. The molecule has 0 saturated heterocycles. The van der Waals surface area contributed by atoms with Gasteiger partial charge in [-0.1, -0.05) is 0 Å². The first kappa shape index (κ1) is 9.01. The molecule has 0 aliphatic carbocycles. The molecule has 0 spiro atoms. The standard InChI is InChI=1S/C8H4BrNO4/c9-3-1-2-4(6(12)5(3)11)8(14)10-7(2)13/h1,11-12H,(H,10,13,14). The summed E-state index contributed by atoms with van der Waals surface area (Å²) in [6.07, 6.45) is 0. The summed E-state index contributed by atoms with van der Waals surface area (Å²) in [7, 11) is 0. The van der Waals surface area contributed by atoms with E-state index in [4.69, 9.17) is 0 Å². The van der Waals surface area contributed by atoms with Crippen LogP contribution >= 0.6 is 15.9 Å². The predicted octanol–water partition coefficient (Wildman–Crippen LogP) is 0.744. The quantitative estimate of drug-likeness (QED) is 0.473. The highest BCUT2D eigenvalue weighted by Gasteiger charge is 2.32. The molecular formula is C8H4BrNO4. The van der Waals surface area contributed by atoms with E-state index in [0.717, 1.165) is 0 Å². The smallest absolute Gasteiger partial charge is 0.262 e. The van der Waals surface area contributed by atoms with Crippen LogP contribution in [0, 0.1) is 0 Å². The van der Waals surface area contributed by atoms with E-state index in [0.29, 0.717) is 0 Å². The zero-order valence-electron chi connectivity index (χ0n) is 6.67. The normalized spacial score (nSPS) is 14.1.